The van der Waals surface area contributed by atoms with Crippen LogP contribution in [0.2, 0.25) is 0 Å². The van der Waals surface area contributed by atoms with Crippen LogP contribution in [0.1, 0.15) is 117 Å². The number of carbonyl (C=O) groups is 3. The highest BCUT2D eigenvalue weighted by atomic mass is 16.6. The molecular weight excluding hydrogens is 466 g/mol. The lowest BCUT2D eigenvalue weighted by molar-refractivity contribution is -0.142. The van der Waals surface area contributed by atoms with Crippen molar-refractivity contribution in [2.24, 2.45) is 0 Å². The second-order valence-corrected chi connectivity index (χ2v) is 10.8. The molecule has 2 atom stereocenters. The van der Waals surface area contributed by atoms with E-state index >= 15 is 0 Å². The van der Waals surface area contributed by atoms with Crippen molar-refractivity contribution in [2.75, 3.05) is 13.1 Å². The van der Waals surface area contributed by atoms with Crippen LogP contribution < -0.4 is 10.6 Å². The third-order valence-electron chi connectivity index (χ3n) is 6.23. The van der Waals surface area contributed by atoms with Gasteiger partial charge in [-0.25, -0.2) is 4.79 Å². The fourth-order valence-corrected chi connectivity index (χ4v) is 4.14. The molecule has 0 saturated heterocycles. The minimum atomic E-state index is -0.837. The molecular formula is C30H51N3O4. The molecule has 7 heteroatoms. The SMILES string of the molecule is CCCCCCCN(C(=O)C(C)NC(=O)OC(C)(C)C)C(C(=O)NCCCCC)c1ccc(CC)cc1. The van der Waals surface area contributed by atoms with Gasteiger partial charge in [-0.05, 0) is 58.1 Å². The normalized spacial score (nSPS) is 12.9. The lowest BCUT2D eigenvalue weighted by atomic mass is 10.00. The molecule has 1 aromatic carbocycles. The zero-order valence-corrected chi connectivity index (χ0v) is 24.3. The molecule has 0 radical (unpaired) electrons. The Bertz CT molecular complexity index is 817. The van der Waals surface area contributed by atoms with Crippen LogP contribution in [-0.2, 0) is 20.7 Å². The topological polar surface area (TPSA) is 87.7 Å². The molecule has 0 aromatic heterocycles. The van der Waals surface area contributed by atoms with Gasteiger partial charge in [0.25, 0.3) is 0 Å². The minimum Gasteiger partial charge on any atom is -0.444 e. The van der Waals surface area contributed by atoms with Gasteiger partial charge in [-0.2, -0.15) is 0 Å². The van der Waals surface area contributed by atoms with E-state index in [1.165, 1.54) is 5.56 Å². The zero-order chi connectivity index (χ0) is 27.8. The number of amides is 3. The van der Waals surface area contributed by atoms with E-state index in [1.54, 1.807) is 32.6 Å². The molecule has 2 unspecified atom stereocenters. The van der Waals surface area contributed by atoms with Crippen molar-refractivity contribution in [3.05, 3.63) is 35.4 Å². The number of benzene rings is 1. The van der Waals surface area contributed by atoms with Gasteiger partial charge >= 0.3 is 6.09 Å². The summed E-state index contributed by atoms with van der Waals surface area (Å²) in [5.74, 6) is -0.485. The van der Waals surface area contributed by atoms with Crippen molar-refractivity contribution < 1.29 is 19.1 Å². The van der Waals surface area contributed by atoms with Crippen LogP contribution >= 0.6 is 0 Å². The van der Waals surface area contributed by atoms with E-state index in [9.17, 15) is 14.4 Å². The average Bonchev–Trinajstić information content (AvgIpc) is 2.84. The van der Waals surface area contributed by atoms with Crippen LogP contribution in [0.5, 0.6) is 0 Å². The Balaban J connectivity index is 3.24. The molecule has 0 aliphatic rings. The van der Waals surface area contributed by atoms with Gasteiger partial charge in [-0.1, -0.05) is 83.6 Å². The summed E-state index contributed by atoms with van der Waals surface area (Å²) in [5, 5.41) is 5.72. The number of ether oxygens (including phenoxy) is 1. The first-order chi connectivity index (χ1) is 17.5. The molecule has 0 fully saturated rings. The maximum atomic E-state index is 13.8. The van der Waals surface area contributed by atoms with Gasteiger partial charge in [0.1, 0.15) is 17.7 Å². The molecule has 7 nitrogen and oxygen atoms in total. The maximum absolute atomic E-state index is 13.8. The Labute approximate surface area is 225 Å². The Kier molecular flexibility index (Phi) is 14.9. The van der Waals surface area contributed by atoms with Gasteiger partial charge in [0, 0.05) is 13.1 Å². The van der Waals surface area contributed by atoms with E-state index in [0.717, 1.165) is 63.4 Å². The summed E-state index contributed by atoms with van der Waals surface area (Å²) in [6.07, 6.45) is 8.36. The lowest BCUT2D eigenvalue weighted by Crippen LogP contribution is -2.52. The van der Waals surface area contributed by atoms with Crippen molar-refractivity contribution in [1.82, 2.24) is 15.5 Å². The smallest absolute Gasteiger partial charge is 0.408 e. The highest BCUT2D eigenvalue weighted by molar-refractivity contribution is 5.92. The fraction of sp³-hybridized carbons (Fsp3) is 0.700. The average molecular weight is 518 g/mol. The van der Waals surface area contributed by atoms with E-state index in [1.807, 2.05) is 24.3 Å². The van der Waals surface area contributed by atoms with E-state index in [0.29, 0.717) is 13.1 Å². The van der Waals surface area contributed by atoms with Gasteiger partial charge in [-0.15, -0.1) is 0 Å². The van der Waals surface area contributed by atoms with Crippen molar-refractivity contribution in [1.29, 1.82) is 0 Å². The summed E-state index contributed by atoms with van der Waals surface area (Å²) < 4.78 is 5.36. The number of aryl methyl sites for hydroxylation is 1. The summed E-state index contributed by atoms with van der Waals surface area (Å²) in [5.41, 5.74) is 1.27. The van der Waals surface area contributed by atoms with Crippen molar-refractivity contribution in [3.63, 3.8) is 0 Å². The quantitative estimate of drug-likeness (QED) is 0.252. The van der Waals surface area contributed by atoms with Crippen molar-refractivity contribution in [2.45, 2.75) is 124 Å². The van der Waals surface area contributed by atoms with Crippen LogP contribution in [0.15, 0.2) is 24.3 Å². The number of hydrogen-bond donors (Lipinski definition) is 2. The predicted molar refractivity (Wildman–Crippen MR) is 150 cm³/mol. The number of nitrogens with zero attached hydrogens (tertiary/aromatic N) is 1. The molecule has 0 saturated carbocycles. The second-order valence-electron chi connectivity index (χ2n) is 10.8. The highest BCUT2D eigenvalue weighted by Gasteiger charge is 2.34. The number of carbonyl (C=O) groups excluding carboxylic acids is 3. The molecule has 1 aromatic rings. The Hall–Kier alpha value is -2.57. The van der Waals surface area contributed by atoms with Crippen molar-refractivity contribution in [3.8, 4) is 0 Å². The van der Waals surface area contributed by atoms with Crippen molar-refractivity contribution >= 4 is 17.9 Å². The molecule has 2 N–H and O–H groups in total. The number of nitrogens with one attached hydrogen (secondary N) is 2. The van der Waals surface area contributed by atoms with Crippen LogP contribution in [0.4, 0.5) is 4.79 Å². The first-order valence-electron chi connectivity index (χ1n) is 14.2. The summed E-state index contributed by atoms with van der Waals surface area (Å²) in [6.45, 7) is 14.4. The van der Waals surface area contributed by atoms with Gasteiger partial charge in [0.15, 0.2) is 0 Å². The lowest BCUT2D eigenvalue weighted by Gasteiger charge is -2.34. The van der Waals surface area contributed by atoms with Crippen LogP contribution in [0.25, 0.3) is 0 Å². The molecule has 37 heavy (non-hydrogen) atoms. The first-order valence-corrected chi connectivity index (χ1v) is 14.2. The molecule has 3 amide bonds. The number of unbranched alkanes of at least 4 members (excludes halogenated alkanes) is 6. The van der Waals surface area contributed by atoms with Gasteiger partial charge in [0.05, 0.1) is 0 Å². The third-order valence-corrected chi connectivity index (χ3v) is 6.23. The largest absolute Gasteiger partial charge is 0.444 e. The van der Waals surface area contributed by atoms with E-state index in [4.69, 9.17) is 4.74 Å². The monoisotopic (exact) mass is 517 g/mol. The van der Waals surface area contributed by atoms with Gasteiger partial charge in [0.2, 0.25) is 11.8 Å². The molecule has 1 rings (SSSR count). The Morgan fingerprint density at radius 2 is 1.49 bits per heavy atom. The molecule has 0 spiro atoms. The maximum Gasteiger partial charge on any atom is 0.408 e. The molecule has 0 heterocycles. The van der Waals surface area contributed by atoms with Crippen LogP contribution in [0, 0.1) is 0 Å². The summed E-state index contributed by atoms with van der Waals surface area (Å²) in [4.78, 5) is 41.4. The molecule has 0 bridgehead atoms. The van der Waals surface area contributed by atoms with Gasteiger partial charge < -0.3 is 20.3 Å². The van der Waals surface area contributed by atoms with Crippen LogP contribution in [0.3, 0.4) is 0 Å². The standard InChI is InChI=1S/C30H51N3O4/c1-8-11-13-14-16-22-33(28(35)23(4)32-29(36)37-30(5,6)7)26(27(34)31-21-15-12-9-2)25-19-17-24(10-3)18-20-25/h17-20,23,26H,8-16,21-22H2,1-7H3,(H,31,34)(H,32,36). The Morgan fingerprint density at radius 1 is 0.892 bits per heavy atom. The third kappa shape index (κ3) is 12.5. The van der Waals surface area contributed by atoms with E-state index in [-0.39, 0.29) is 11.8 Å². The van der Waals surface area contributed by atoms with E-state index < -0.39 is 23.8 Å². The number of hydrogen-bond acceptors (Lipinski definition) is 4. The molecule has 0 aliphatic carbocycles. The predicted octanol–water partition coefficient (Wildman–Crippen LogP) is 6.31. The zero-order valence-electron chi connectivity index (χ0n) is 24.3. The van der Waals surface area contributed by atoms with Crippen LogP contribution in [-0.4, -0.2) is 47.5 Å². The minimum absolute atomic E-state index is 0.188. The fourth-order valence-electron chi connectivity index (χ4n) is 4.14. The highest BCUT2D eigenvalue weighted by Crippen LogP contribution is 2.24. The first kappa shape index (κ1) is 32.5. The summed E-state index contributed by atoms with van der Waals surface area (Å²) in [7, 11) is 0. The molecule has 0 aliphatic heterocycles. The summed E-state index contributed by atoms with van der Waals surface area (Å²) in [6, 6.07) is 6.30. The number of rotatable bonds is 16. The summed E-state index contributed by atoms with van der Waals surface area (Å²) >= 11 is 0. The van der Waals surface area contributed by atoms with Gasteiger partial charge in [-0.3, -0.25) is 9.59 Å². The Morgan fingerprint density at radius 3 is 2.05 bits per heavy atom. The second kappa shape index (κ2) is 17.0. The number of alkyl carbamates (subject to hydrolysis) is 1. The molecule has 210 valence electrons. The van der Waals surface area contributed by atoms with E-state index in [2.05, 4.69) is 31.4 Å².